The molecular weight excluding hydrogens is 417 g/mol. The number of aliphatic hydroxyl groups excluding tert-OH is 1. The lowest BCUT2D eigenvalue weighted by Crippen LogP contribution is -2.15. The number of aromatic nitrogens is 2. The van der Waals surface area contributed by atoms with Crippen molar-refractivity contribution in [2.45, 2.75) is 12.8 Å². The maximum absolute atomic E-state index is 14.5. The first-order valence-corrected chi connectivity index (χ1v) is 9.85. The number of aryl methyl sites for hydroxylation is 1. The number of halogens is 1. The Hall–Kier alpha value is -3.98. The minimum Gasteiger partial charge on any atom is -0.496 e. The lowest BCUT2D eigenvalue weighted by molar-refractivity contribution is 0.102. The van der Waals surface area contributed by atoms with E-state index in [0.29, 0.717) is 29.9 Å². The summed E-state index contributed by atoms with van der Waals surface area (Å²) in [6.45, 7) is 0.0445. The number of hydrogen-bond acceptors (Lipinski definition) is 7. The summed E-state index contributed by atoms with van der Waals surface area (Å²) in [6, 6.07) is 12.6. The van der Waals surface area contributed by atoms with Crippen LogP contribution in [0.2, 0.25) is 0 Å². The predicted molar refractivity (Wildman–Crippen MR) is 114 cm³/mol. The topological polar surface area (TPSA) is 111 Å². The van der Waals surface area contributed by atoms with Crippen LogP contribution in [0.3, 0.4) is 0 Å². The number of furan rings is 1. The minimum absolute atomic E-state index is 0.0445. The Labute approximate surface area is 182 Å². The molecule has 2 aromatic heterocycles. The van der Waals surface area contributed by atoms with E-state index in [0.717, 1.165) is 5.56 Å². The third-order valence-corrected chi connectivity index (χ3v) is 4.75. The zero-order chi connectivity index (χ0) is 22.5. The fraction of sp³-hybridized carbons (Fsp3) is 0.174. The number of nitrogens with one attached hydrogen (secondary N) is 1. The molecule has 0 aliphatic rings. The van der Waals surface area contributed by atoms with Crippen molar-refractivity contribution in [2.75, 3.05) is 19.0 Å². The second-order valence-corrected chi connectivity index (χ2v) is 6.90. The number of carbonyl (C=O) groups is 1. The van der Waals surface area contributed by atoms with Crippen molar-refractivity contribution in [3.05, 3.63) is 71.7 Å². The van der Waals surface area contributed by atoms with Crippen LogP contribution in [0.5, 0.6) is 5.75 Å². The normalized spacial score (nSPS) is 10.8. The number of benzene rings is 2. The molecule has 32 heavy (non-hydrogen) atoms. The first kappa shape index (κ1) is 21.3. The van der Waals surface area contributed by atoms with Crippen molar-refractivity contribution in [3.8, 4) is 28.9 Å². The molecule has 2 aromatic carbocycles. The third-order valence-electron chi connectivity index (χ3n) is 4.75. The van der Waals surface area contributed by atoms with Gasteiger partial charge in [0.05, 0.1) is 24.6 Å². The molecule has 0 saturated heterocycles. The average Bonchev–Trinajstić information content (AvgIpc) is 3.51. The van der Waals surface area contributed by atoms with E-state index >= 15 is 0 Å². The van der Waals surface area contributed by atoms with Crippen molar-refractivity contribution in [1.82, 2.24) is 10.2 Å². The van der Waals surface area contributed by atoms with E-state index in [9.17, 15) is 9.18 Å². The number of amides is 1. The molecular formula is C23H20FN3O5. The van der Waals surface area contributed by atoms with E-state index in [4.69, 9.17) is 18.7 Å². The molecule has 0 atom stereocenters. The van der Waals surface area contributed by atoms with Crippen LogP contribution in [-0.2, 0) is 6.42 Å². The van der Waals surface area contributed by atoms with Gasteiger partial charge in [0, 0.05) is 12.2 Å². The summed E-state index contributed by atoms with van der Waals surface area (Å²) >= 11 is 0. The van der Waals surface area contributed by atoms with Crippen LogP contribution in [0.15, 0.2) is 63.6 Å². The number of ether oxygens (including phenoxy) is 1. The number of aliphatic hydroxyl groups is 1. The van der Waals surface area contributed by atoms with Gasteiger partial charge in [-0.3, -0.25) is 4.79 Å². The van der Waals surface area contributed by atoms with E-state index in [1.807, 2.05) is 6.07 Å². The standard InChI is InChI=1S/C23H20FN3O5/c1-30-19-9-6-14(4-2-10-28)12-16(19)21(29)25-18-13-15(7-8-17(18)24)22-26-27-23(32-22)20-5-3-11-31-20/h3,5-9,11-13,28H,2,4,10H2,1H3,(H,25,29). The zero-order valence-corrected chi connectivity index (χ0v) is 17.2. The molecule has 0 aliphatic carbocycles. The monoisotopic (exact) mass is 437 g/mol. The van der Waals surface area contributed by atoms with E-state index in [-0.39, 0.29) is 29.6 Å². The number of nitrogens with zero attached hydrogens (tertiary/aromatic N) is 2. The molecule has 9 heteroatoms. The number of anilines is 1. The molecule has 4 aromatic rings. The fourth-order valence-electron chi connectivity index (χ4n) is 3.15. The first-order chi connectivity index (χ1) is 15.6. The molecule has 4 rings (SSSR count). The Morgan fingerprint density at radius 2 is 2.00 bits per heavy atom. The molecule has 0 bridgehead atoms. The molecule has 0 fully saturated rings. The van der Waals surface area contributed by atoms with Gasteiger partial charge in [-0.25, -0.2) is 4.39 Å². The maximum Gasteiger partial charge on any atom is 0.283 e. The van der Waals surface area contributed by atoms with Crippen LogP contribution in [0.25, 0.3) is 23.1 Å². The van der Waals surface area contributed by atoms with Crippen LogP contribution in [0, 0.1) is 5.82 Å². The molecule has 164 valence electrons. The molecule has 0 unspecified atom stereocenters. The smallest absolute Gasteiger partial charge is 0.283 e. The second-order valence-electron chi connectivity index (χ2n) is 6.90. The van der Waals surface area contributed by atoms with Gasteiger partial charge in [-0.1, -0.05) is 6.07 Å². The highest BCUT2D eigenvalue weighted by molar-refractivity contribution is 6.06. The lowest BCUT2D eigenvalue weighted by atomic mass is 10.0. The summed E-state index contributed by atoms with van der Waals surface area (Å²) in [5.74, 6) is -0.0620. The highest BCUT2D eigenvalue weighted by Gasteiger charge is 2.18. The van der Waals surface area contributed by atoms with Crippen LogP contribution in [0.1, 0.15) is 22.3 Å². The van der Waals surface area contributed by atoms with E-state index in [1.165, 1.54) is 31.6 Å². The van der Waals surface area contributed by atoms with Crippen molar-refractivity contribution < 1.29 is 27.9 Å². The average molecular weight is 437 g/mol. The number of carbonyl (C=O) groups excluding carboxylic acids is 1. The Bertz CT molecular complexity index is 1220. The van der Waals surface area contributed by atoms with Gasteiger partial charge in [0.25, 0.3) is 11.8 Å². The molecule has 2 heterocycles. The van der Waals surface area contributed by atoms with Gasteiger partial charge >= 0.3 is 0 Å². The molecule has 0 aliphatic heterocycles. The summed E-state index contributed by atoms with van der Waals surface area (Å²) in [5.41, 5.74) is 1.49. The van der Waals surface area contributed by atoms with Crippen molar-refractivity contribution in [2.24, 2.45) is 0 Å². The molecule has 0 spiro atoms. The Balaban J connectivity index is 1.59. The maximum atomic E-state index is 14.5. The Kier molecular flexibility index (Phi) is 6.27. The van der Waals surface area contributed by atoms with Crippen LogP contribution < -0.4 is 10.1 Å². The third kappa shape index (κ3) is 4.52. The van der Waals surface area contributed by atoms with Crippen molar-refractivity contribution in [3.63, 3.8) is 0 Å². The second kappa shape index (κ2) is 9.44. The van der Waals surface area contributed by atoms with Gasteiger partial charge in [0.15, 0.2) is 5.76 Å². The van der Waals surface area contributed by atoms with Crippen molar-refractivity contribution >= 4 is 11.6 Å². The summed E-state index contributed by atoms with van der Waals surface area (Å²) in [7, 11) is 1.45. The highest BCUT2D eigenvalue weighted by atomic mass is 19.1. The Morgan fingerprint density at radius 3 is 2.75 bits per heavy atom. The van der Waals surface area contributed by atoms with Gasteiger partial charge in [0.2, 0.25) is 5.89 Å². The first-order valence-electron chi connectivity index (χ1n) is 9.85. The summed E-state index contributed by atoms with van der Waals surface area (Å²) in [4.78, 5) is 12.9. The van der Waals surface area contributed by atoms with Gasteiger partial charge in [-0.15, -0.1) is 10.2 Å². The molecule has 1 amide bonds. The van der Waals surface area contributed by atoms with Gasteiger partial charge in [-0.05, 0) is 60.9 Å². The summed E-state index contributed by atoms with van der Waals surface area (Å²) in [6.07, 6.45) is 2.64. The van der Waals surface area contributed by atoms with E-state index < -0.39 is 11.7 Å². The summed E-state index contributed by atoms with van der Waals surface area (Å²) < 4.78 is 30.6. The van der Waals surface area contributed by atoms with Crippen molar-refractivity contribution in [1.29, 1.82) is 0 Å². The molecule has 8 nitrogen and oxygen atoms in total. The number of rotatable bonds is 8. The minimum atomic E-state index is -0.622. The molecule has 0 radical (unpaired) electrons. The van der Waals surface area contributed by atoms with Gasteiger partial charge < -0.3 is 24.0 Å². The largest absolute Gasteiger partial charge is 0.496 e. The van der Waals surface area contributed by atoms with Crippen LogP contribution >= 0.6 is 0 Å². The zero-order valence-electron chi connectivity index (χ0n) is 17.2. The number of methoxy groups -OCH3 is 1. The number of hydrogen-bond donors (Lipinski definition) is 2. The quantitative estimate of drug-likeness (QED) is 0.422. The van der Waals surface area contributed by atoms with Gasteiger partial charge in [0.1, 0.15) is 11.6 Å². The van der Waals surface area contributed by atoms with Crippen LogP contribution in [0.4, 0.5) is 10.1 Å². The van der Waals surface area contributed by atoms with Gasteiger partial charge in [-0.2, -0.15) is 0 Å². The summed E-state index contributed by atoms with van der Waals surface area (Å²) in [5, 5.41) is 19.5. The highest BCUT2D eigenvalue weighted by Crippen LogP contribution is 2.28. The fourth-order valence-corrected chi connectivity index (χ4v) is 3.15. The van der Waals surface area contributed by atoms with E-state index in [1.54, 1.807) is 24.3 Å². The van der Waals surface area contributed by atoms with Crippen LogP contribution in [-0.4, -0.2) is 34.9 Å². The lowest BCUT2D eigenvalue weighted by Gasteiger charge is -2.12. The molecule has 0 saturated carbocycles. The molecule has 2 N–H and O–H groups in total. The SMILES string of the molecule is COc1ccc(CCCO)cc1C(=O)Nc1cc(-c2nnc(-c3ccco3)o2)ccc1F. The Morgan fingerprint density at radius 1 is 1.16 bits per heavy atom. The predicted octanol–water partition coefficient (Wildman–Crippen LogP) is 4.32. The van der Waals surface area contributed by atoms with E-state index in [2.05, 4.69) is 15.5 Å².